The van der Waals surface area contributed by atoms with Gasteiger partial charge in [-0.15, -0.1) is 0 Å². The Morgan fingerprint density at radius 1 is 1.43 bits per heavy atom. The van der Waals surface area contributed by atoms with Gasteiger partial charge in [0, 0.05) is 0 Å². The molecule has 2 heterocycles. The normalized spacial score (nSPS) is 47.4. The lowest BCUT2D eigenvalue weighted by Gasteiger charge is -2.29. The Balaban J connectivity index is 2.08. The van der Waals surface area contributed by atoms with Crippen LogP contribution in [0, 0.1) is 0 Å². The van der Waals surface area contributed by atoms with Gasteiger partial charge >= 0.3 is 0 Å². The van der Waals surface area contributed by atoms with Gasteiger partial charge in [0.15, 0.2) is 0 Å². The molecule has 2 rings (SSSR count). The maximum absolute atomic E-state index is 9.61. The molecule has 0 aromatic heterocycles. The van der Waals surface area contributed by atoms with E-state index in [0.29, 0.717) is 13.2 Å². The zero-order valence-corrected chi connectivity index (χ0v) is 8.90. The second-order valence-corrected chi connectivity index (χ2v) is 4.49. The van der Waals surface area contributed by atoms with Crippen LogP contribution >= 0.6 is 0 Å². The quantitative estimate of drug-likeness (QED) is 0.701. The number of rotatable bonds is 2. The topological polar surface area (TPSA) is 47.9 Å². The summed E-state index contributed by atoms with van der Waals surface area (Å²) < 4.78 is 16.8. The van der Waals surface area contributed by atoms with E-state index in [0.717, 1.165) is 0 Å². The smallest absolute Gasteiger partial charge is 0.122 e. The summed E-state index contributed by atoms with van der Waals surface area (Å²) in [6, 6.07) is 0. The summed E-state index contributed by atoms with van der Waals surface area (Å²) in [7, 11) is 0. The molecule has 2 fully saturated rings. The van der Waals surface area contributed by atoms with Gasteiger partial charge in [-0.3, -0.25) is 0 Å². The van der Waals surface area contributed by atoms with Crippen LogP contribution in [0.5, 0.6) is 0 Å². The lowest BCUT2D eigenvalue weighted by Crippen LogP contribution is -2.46. The summed E-state index contributed by atoms with van der Waals surface area (Å²) in [5.41, 5.74) is -0.469. The standard InChI is InChI=1S/C10H18O4/c1-6(2)14-8-5-12-9-7(11)4-13-10(8,9)3/h6-9,11H,4-5H2,1-3H3/t7-,8-,9+,10+/m0/s1. The van der Waals surface area contributed by atoms with Crippen LogP contribution in [0.3, 0.4) is 0 Å². The first-order chi connectivity index (χ1) is 6.54. The predicted molar refractivity (Wildman–Crippen MR) is 50.1 cm³/mol. The molecule has 0 aromatic carbocycles. The first-order valence-electron chi connectivity index (χ1n) is 5.13. The van der Waals surface area contributed by atoms with Gasteiger partial charge in [-0.1, -0.05) is 0 Å². The van der Waals surface area contributed by atoms with Crippen LogP contribution in [0.25, 0.3) is 0 Å². The number of hydrogen-bond donors (Lipinski definition) is 1. The molecule has 14 heavy (non-hydrogen) atoms. The van der Waals surface area contributed by atoms with Gasteiger partial charge in [-0.05, 0) is 20.8 Å². The van der Waals surface area contributed by atoms with Crippen LogP contribution < -0.4 is 0 Å². The highest BCUT2D eigenvalue weighted by Crippen LogP contribution is 2.39. The molecule has 1 N–H and O–H groups in total. The van der Waals surface area contributed by atoms with E-state index in [2.05, 4.69) is 0 Å². The van der Waals surface area contributed by atoms with Gasteiger partial charge < -0.3 is 19.3 Å². The second kappa shape index (κ2) is 3.45. The third kappa shape index (κ3) is 1.46. The molecule has 0 spiro atoms. The average Bonchev–Trinajstić information content (AvgIpc) is 2.53. The highest BCUT2D eigenvalue weighted by Gasteiger charge is 2.57. The van der Waals surface area contributed by atoms with Gasteiger partial charge in [0.05, 0.1) is 19.3 Å². The van der Waals surface area contributed by atoms with Crippen molar-refractivity contribution in [2.24, 2.45) is 0 Å². The van der Waals surface area contributed by atoms with Crippen molar-refractivity contribution >= 4 is 0 Å². The largest absolute Gasteiger partial charge is 0.388 e. The van der Waals surface area contributed by atoms with E-state index < -0.39 is 11.7 Å². The number of aliphatic hydroxyl groups excluding tert-OH is 1. The Morgan fingerprint density at radius 3 is 2.79 bits per heavy atom. The summed E-state index contributed by atoms with van der Waals surface area (Å²) in [6.45, 7) is 6.79. The monoisotopic (exact) mass is 202 g/mol. The van der Waals surface area contributed by atoms with Crippen molar-refractivity contribution in [3.63, 3.8) is 0 Å². The molecule has 2 aliphatic heterocycles. The molecule has 0 aliphatic carbocycles. The summed E-state index contributed by atoms with van der Waals surface area (Å²) in [4.78, 5) is 0. The number of fused-ring (bicyclic) bond motifs is 1. The van der Waals surface area contributed by atoms with E-state index in [1.165, 1.54) is 0 Å². The van der Waals surface area contributed by atoms with Crippen LogP contribution in [0.15, 0.2) is 0 Å². The molecule has 0 aromatic rings. The van der Waals surface area contributed by atoms with E-state index in [1.54, 1.807) is 0 Å². The van der Waals surface area contributed by atoms with Crippen LogP contribution in [0.1, 0.15) is 20.8 Å². The predicted octanol–water partition coefficient (Wildman–Crippen LogP) is 0.329. The third-order valence-corrected chi connectivity index (χ3v) is 2.98. The molecular formula is C10H18O4. The zero-order chi connectivity index (χ0) is 10.3. The molecule has 82 valence electrons. The SMILES string of the molecule is CC(C)O[C@H]1CO[C@@H]2[C@@H](O)CO[C@]12C. The van der Waals surface area contributed by atoms with E-state index in [4.69, 9.17) is 14.2 Å². The molecule has 4 nitrogen and oxygen atoms in total. The molecule has 4 heteroatoms. The molecule has 4 atom stereocenters. The molecule has 2 aliphatic rings. The van der Waals surface area contributed by atoms with Gasteiger partial charge in [-0.25, -0.2) is 0 Å². The first kappa shape index (κ1) is 10.4. The van der Waals surface area contributed by atoms with E-state index in [9.17, 15) is 5.11 Å². The van der Waals surface area contributed by atoms with Gasteiger partial charge in [0.1, 0.15) is 23.9 Å². The van der Waals surface area contributed by atoms with Crippen molar-refractivity contribution in [3.8, 4) is 0 Å². The van der Waals surface area contributed by atoms with Gasteiger partial charge in [-0.2, -0.15) is 0 Å². The van der Waals surface area contributed by atoms with E-state index in [-0.39, 0.29) is 18.3 Å². The zero-order valence-electron chi connectivity index (χ0n) is 8.90. The maximum atomic E-state index is 9.61. The Bertz CT molecular complexity index is 218. The molecule has 0 saturated carbocycles. The molecule has 0 radical (unpaired) electrons. The van der Waals surface area contributed by atoms with Crippen molar-refractivity contribution in [2.45, 2.75) is 50.8 Å². The Hall–Kier alpha value is -0.160. The van der Waals surface area contributed by atoms with Gasteiger partial charge in [0.2, 0.25) is 0 Å². The fourth-order valence-corrected chi connectivity index (χ4v) is 2.23. The fraction of sp³-hybridized carbons (Fsp3) is 1.00. The van der Waals surface area contributed by atoms with Crippen LogP contribution in [-0.4, -0.2) is 48.3 Å². The van der Waals surface area contributed by atoms with Crippen molar-refractivity contribution in [3.05, 3.63) is 0 Å². The molecule has 0 amide bonds. The summed E-state index contributed by atoms with van der Waals surface area (Å²) in [5.74, 6) is 0. The van der Waals surface area contributed by atoms with Crippen molar-refractivity contribution in [2.75, 3.05) is 13.2 Å². The summed E-state index contributed by atoms with van der Waals surface area (Å²) in [6.07, 6.45) is -0.655. The van der Waals surface area contributed by atoms with Crippen molar-refractivity contribution < 1.29 is 19.3 Å². The van der Waals surface area contributed by atoms with E-state index in [1.807, 2.05) is 20.8 Å². The minimum atomic E-state index is -0.513. The average molecular weight is 202 g/mol. The lowest BCUT2D eigenvalue weighted by atomic mass is 9.94. The molecule has 2 saturated heterocycles. The summed E-state index contributed by atoms with van der Waals surface area (Å²) >= 11 is 0. The molecule has 0 bridgehead atoms. The third-order valence-electron chi connectivity index (χ3n) is 2.98. The Labute approximate surface area is 84.1 Å². The number of aliphatic hydroxyl groups is 1. The maximum Gasteiger partial charge on any atom is 0.122 e. The summed E-state index contributed by atoms with van der Waals surface area (Å²) in [5, 5.41) is 9.61. The molecular weight excluding hydrogens is 184 g/mol. The van der Waals surface area contributed by atoms with Crippen LogP contribution in [0.2, 0.25) is 0 Å². The number of hydrogen-bond acceptors (Lipinski definition) is 4. The van der Waals surface area contributed by atoms with Crippen LogP contribution in [-0.2, 0) is 14.2 Å². The van der Waals surface area contributed by atoms with Gasteiger partial charge in [0.25, 0.3) is 0 Å². The second-order valence-electron chi connectivity index (χ2n) is 4.49. The number of ether oxygens (including phenoxy) is 3. The lowest BCUT2D eigenvalue weighted by molar-refractivity contribution is -0.109. The minimum absolute atomic E-state index is 0.0651. The van der Waals surface area contributed by atoms with Crippen LogP contribution in [0.4, 0.5) is 0 Å². The molecule has 0 unspecified atom stereocenters. The Morgan fingerprint density at radius 2 is 2.14 bits per heavy atom. The first-order valence-corrected chi connectivity index (χ1v) is 5.13. The van der Waals surface area contributed by atoms with Crippen molar-refractivity contribution in [1.29, 1.82) is 0 Å². The van der Waals surface area contributed by atoms with Crippen molar-refractivity contribution in [1.82, 2.24) is 0 Å². The van der Waals surface area contributed by atoms with E-state index >= 15 is 0 Å². The fourth-order valence-electron chi connectivity index (χ4n) is 2.23. The Kier molecular flexibility index (Phi) is 2.55. The highest BCUT2D eigenvalue weighted by molar-refractivity contribution is 5.05. The highest BCUT2D eigenvalue weighted by atomic mass is 16.6. The minimum Gasteiger partial charge on any atom is -0.388 e.